The zero-order valence-electron chi connectivity index (χ0n) is 14.7. The Balaban J connectivity index is 1.94. The summed E-state index contributed by atoms with van der Waals surface area (Å²) in [7, 11) is -3.75. The van der Waals surface area contributed by atoms with Gasteiger partial charge in [0.15, 0.2) is 0 Å². The number of aryl methyl sites for hydroxylation is 2. The van der Waals surface area contributed by atoms with E-state index in [2.05, 4.69) is 4.72 Å². The van der Waals surface area contributed by atoms with Crippen LogP contribution in [0.25, 0.3) is 0 Å². The zero-order chi connectivity index (χ0) is 19.6. The molecule has 0 saturated heterocycles. The van der Waals surface area contributed by atoms with Crippen molar-refractivity contribution in [1.29, 1.82) is 0 Å². The summed E-state index contributed by atoms with van der Waals surface area (Å²) in [5.74, 6) is 0. The van der Waals surface area contributed by atoms with Crippen LogP contribution in [0.1, 0.15) is 11.1 Å². The highest BCUT2D eigenvalue weighted by Gasteiger charge is 2.20. The van der Waals surface area contributed by atoms with E-state index >= 15 is 0 Å². The van der Waals surface area contributed by atoms with Gasteiger partial charge in [0, 0.05) is 19.8 Å². The molecule has 0 heterocycles. The Hall–Kier alpha value is -1.66. The van der Waals surface area contributed by atoms with Crippen LogP contribution in [-0.4, -0.2) is 8.42 Å². The van der Waals surface area contributed by atoms with Crippen molar-refractivity contribution in [3.8, 4) is 0 Å². The molecule has 0 aliphatic heterocycles. The summed E-state index contributed by atoms with van der Waals surface area (Å²) in [6, 6.07) is 17.9. The molecule has 0 aromatic heterocycles. The predicted molar refractivity (Wildman–Crippen MR) is 114 cm³/mol. The Morgan fingerprint density at radius 2 is 1.56 bits per heavy atom. The molecule has 1 N–H and O–H groups in total. The Morgan fingerprint density at radius 1 is 0.889 bits per heavy atom. The Morgan fingerprint density at radius 3 is 2.26 bits per heavy atom. The second-order valence-electron chi connectivity index (χ2n) is 6.02. The van der Waals surface area contributed by atoms with Crippen molar-refractivity contribution in [2.24, 2.45) is 0 Å². The molecule has 0 saturated carbocycles. The van der Waals surface area contributed by atoms with Crippen molar-refractivity contribution in [2.75, 3.05) is 4.72 Å². The first kappa shape index (κ1) is 20.1. The molecule has 0 unspecified atom stereocenters. The highest BCUT2D eigenvalue weighted by atomic mass is 35.5. The van der Waals surface area contributed by atoms with Gasteiger partial charge >= 0.3 is 0 Å². The fraction of sp³-hybridized carbons (Fsp3) is 0.100. The summed E-state index contributed by atoms with van der Waals surface area (Å²) >= 11 is 13.5. The lowest BCUT2D eigenvalue weighted by atomic mass is 10.2. The molecule has 0 amide bonds. The second-order valence-corrected chi connectivity index (χ2v) is 9.63. The number of hydrogen-bond acceptors (Lipinski definition) is 3. The minimum atomic E-state index is -3.75. The number of para-hydroxylation sites is 1. The molecule has 0 fully saturated rings. The fourth-order valence-corrected chi connectivity index (χ4v) is 5.22. The lowest BCUT2D eigenvalue weighted by molar-refractivity contribution is 0.600. The van der Waals surface area contributed by atoms with Gasteiger partial charge in [0.25, 0.3) is 10.0 Å². The second kappa shape index (κ2) is 8.15. The molecule has 0 atom stereocenters. The van der Waals surface area contributed by atoms with Gasteiger partial charge in [-0.05, 0) is 73.5 Å². The van der Waals surface area contributed by atoms with E-state index in [1.54, 1.807) is 50.2 Å². The highest BCUT2D eigenvalue weighted by molar-refractivity contribution is 7.99. The van der Waals surface area contributed by atoms with Gasteiger partial charge in [0.05, 0.1) is 10.6 Å². The molecular formula is C20H17Cl2NO2S2. The smallest absolute Gasteiger partial charge is 0.262 e. The van der Waals surface area contributed by atoms with E-state index in [4.69, 9.17) is 23.2 Å². The van der Waals surface area contributed by atoms with Crippen molar-refractivity contribution >= 4 is 50.7 Å². The monoisotopic (exact) mass is 437 g/mol. The maximum atomic E-state index is 13.0. The summed E-state index contributed by atoms with van der Waals surface area (Å²) in [6.45, 7) is 3.51. The van der Waals surface area contributed by atoms with Crippen molar-refractivity contribution in [2.45, 2.75) is 28.5 Å². The van der Waals surface area contributed by atoms with Crippen LogP contribution in [-0.2, 0) is 10.0 Å². The van der Waals surface area contributed by atoms with E-state index in [9.17, 15) is 8.42 Å². The molecule has 0 spiro atoms. The minimum Gasteiger partial charge on any atom is -0.278 e. The Labute approximate surface area is 173 Å². The van der Waals surface area contributed by atoms with Crippen molar-refractivity contribution in [3.05, 3.63) is 81.8 Å². The molecular weight excluding hydrogens is 421 g/mol. The predicted octanol–water partition coefficient (Wildman–Crippen LogP) is 6.56. The summed E-state index contributed by atoms with van der Waals surface area (Å²) in [6.07, 6.45) is 0. The average Bonchev–Trinajstić information content (AvgIpc) is 2.61. The molecule has 3 aromatic carbocycles. The molecule has 0 aliphatic carbocycles. The van der Waals surface area contributed by atoms with Gasteiger partial charge in [-0.25, -0.2) is 8.42 Å². The van der Waals surface area contributed by atoms with E-state index in [0.29, 0.717) is 26.9 Å². The number of rotatable bonds is 5. The van der Waals surface area contributed by atoms with Gasteiger partial charge in [-0.2, -0.15) is 0 Å². The van der Waals surface area contributed by atoms with Crippen molar-refractivity contribution < 1.29 is 8.42 Å². The minimum absolute atomic E-state index is 0.218. The molecule has 3 rings (SSSR count). The van der Waals surface area contributed by atoms with E-state index in [1.807, 2.05) is 24.3 Å². The number of hydrogen-bond donors (Lipinski definition) is 1. The molecule has 0 aliphatic rings. The topological polar surface area (TPSA) is 46.2 Å². The van der Waals surface area contributed by atoms with Crippen LogP contribution in [0.2, 0.25) is 10.0 Å². The molecule has 0 radical (unpaired) electrons. The van der Waals surface area contributed by atoms with Gasteiger partial charge in [0.1, 0.15) is 0 Å². The third-order valence-corrected chi connectivity index (χ3v) is 7.17. The van der Waals surface area contributed by atoms with Crippen LogP contribution in [0.5, 0.6) is 0 Å². The lowest BCUT2D eigenvalue weighted by Gasteiger charge is -2.14. The van der Waals surface area contributed by atoms with E-state index in [1.165, 1.54) is 11.8 Å². The van der Waals surface area contributed by atoms with Crippen molar-refractivity contribution in [3.63, 3.8) is 0 Å². The fourth-order valence-electron chi connectivity index (χ4n) is 2.51. The zero-order valence-corrected chi connectivity index (χ0v) is 17.8. The third kappa shape index (κ3) is 4.79. The van der Waals surface area contributed by atoms with Crippen LogP contribution < -0.4 is 4.72 Å². The summed E-state index contributed by atoms with van der Waals surface area (Å²) in [4.78, 5) is 1.98. The quantitative estimate of drug-likeness (QED) is 0.491. The van der Waals surface area contributed by atoms with Gasteiger partial charge in [-0.1, -0.05) is 47.1 Å². The normalized spacial score (nSPS) is 11.4. The van der Waals surface area contributed by atoms with E-state index in [-0.39, 0.29) is 4.90 Å². The van der Waals surface area contributed by atoms with Crippen molar-refractivity contribution in [1.82, 2.24) is 0 Å². The van der Waals surface area contributed by atoms with Gasteiger partial charge in [-0.15, -0.1) is 0 Å². The maximum absolute atomic E-state index is 13.0. The number of halogens is 2. The van der Waals surface area contributed by atoms with Gasteiger partial charge in [0.2, 0.25) is 0 Å². The van der Waals surface area contributed by atoms with E-state index < -0.39 is 10.0 Å². The lowest BCUT2D eigenvalue weighted by Crippen LogP contribution is -2.15. The molecule has 3 aromatic rings. The molecule has 0 bridgehead atoms. The molecule has 7 heteroatoms. The van der Waals surface area contributed by atoms with Gasteiger partial charge < -0.3 is 0 Å². The maximum Gasteiger partial charge on any atom is 0.262 e. The van der Waals surface area contributed by atoms with Crippen LogP contribution in [0.3, 0.4) is 0 Å². The van der Waals surface area contributed by atoms with Crippen LogP contribution in [0.15, 0.2) is 75.4 Å². The van der Waals surface area contributed by atoms with Gasteiger partial charge in [-0.3, -0.25) is 4.72 Å². The van der Waals surface area contributed by atoms with E-state index in [0.717, 1.165) is 9.79 Å². The van der Waals surface area contributed by atoms with Crippen LogP contribution in [0, 0.1) is 13.8 Å². The van der Waals surface area contributed by atoms with Crippen LogP contribution in [0.4, 0.5) is 5.69 Å². The largest absolute Gasteiger partial charge is 0.278 e. The number of nitrogens with one attached hydrogen (secondary N) is 1. The number of benzene rings is 3. The first-order valence-corrected chi connectivity index (χ1v) is 11.1. The summed E-state index contributed by atoms with van der Waals surface area (Å²) < 4.78 is 28.6. The third-order valence-electron chi connectivity index (χ3n) is 3.92. The SMILES string of the molecule is Cc1cc(S(=O)(=O)Nc2ccccc2Sc2ccc(Cl)cc2)c(C)cc1Cl. The standard InChI is InChI=1S/C20H17Cl2NO2S2/c1-13-12-20(14(2)11-17(13)22)27(24,25)23-18-5-3-4-6-19(18)26-16-9-7-15(21)8-10-16/h3-12,23H,1-2H3. The highest BCUT2D eigenvalue weighted by Crippen LogP contribution is 2.35. The molecule has 140 valence electrons. The molecule has 3 nitrogen and oxygen atoms in total. The summed E-state index contributed by atoms with van der Waals surface area (Å²) in [5, 5.41) is 1.20. The summed E-state index contributed by atoms with van der Waals surface area (Å²) in [5.41, 5.74) is 1.83. The number of anilines is 1. The first-order chi connectivity index (χ1) is 12.8. The Kier molecular flexibility index (Phi) is 6.06. The number of sulfonamides is 1. The average molecular weight is 438 g/mol. The molecule has 27 heavy (non-hydrogen) atoms. The van der Waals surface area contributed by atoms with Crippen LogP contribution >= 0.6 is 35.0 Å². The first-order valence-electron chi connectivity index (χ1n) is 8.08. The Bertz CT molecular complexity index is 1080.